The van der Waals surface area contributed by atoms with Crippen LogP contribution in [-0.2, 0) is 46.2 Å². The van der Waals surface area contributed by atoms with Gasteiger partial charge in [0.25, 0.3) is 0 Å². The topological polar surface area (TPSA) is 89.9 Å². The molecular weight excluding hydrogens is 353 g/mol. The van der Waals surface area contributed by atoms with Gasteiger partial charge in [-0.1, -0.05) is 19.4 Å². The summed E-state index contributed by atoms with van der Waals surface area (Å²) < 4.78 is 7.47. The molecule has 0 saturated carbocycles. The van der Waals surface area contributed by atoms with Gasteiger partial charge < -0.3 is 29.0 Å². The average molecular weight is 360 g/mol. The maximum absolute atomic E-state index is 8.83. The van der Waals surface area contributed by atoms with Gasteiger partial charge in [0.15, 0.2) is 0 Å². The standard InChI is InChI=1S/2C2H3O2.CHO2.Au/c2*1-4-2-3;2-1-3;/h2*1H3;(H,2,3);/q3*-1;+3. The summed E-state index contributed by atoms with van der Waals surface area (Å²) in [5.74, 6) is 0. The van der Waals surface area contributed by atoms with Crippen molar-refractivity contribution in [3.8, 4) is 0 Å². The van der Waals surface area contributed by atoms with E-state index in [2.05, 4.69) is 9.47 Å². The van der Waals surface area contributed by atoms with Gasteiger partial charge in [0.05, 0.1) is 0 Å². The molecule has 0 aliphatic carbocycles. The Morgan fingerprint density at radius 3 is 1.08 bits per heavy atom. The monoisotopic (exact) mass is 360 g/mol. The molecule has 1 N–H and O–H groups in total. The molecule has 7 heteroatoms. The normalized spacial score (nSPS) is 4.50. The first-order valence-corrected chi connectivity index (χ1v) is 2.06. The Morgan fingerprint density at radius 2 is 1.08 bits per heavy atom. The van der Waals surface area contributed by atoms with Crippen LogP contribution < -0.4 is 0 Å². The number of aliphatic hydroxyl groups excluding tert-OH is 1. The smallest absolute Gasteiger partial charge is 0.665 e. The summed E-state index contributed by atoms with van der Waals surface area (Å²) in [6.07, 6.45) is 0. The molecule has 0 heterocycles. The van der Waals surface area contributed by atoms with Crippen LogP contribution in [0.5, 0.6) is 0 Å². The second-order valence-corrected chi connectivity index (χ2v) is 0.666. The minimum atomic E-state index is 0. The Kier molecular flexibility index (Phi) is 92.4. The first-order chi connectivity index (χ1) is 5.24. The van der Waals surface area contributed by atoms with Crippen LogP contribution in [0, 0.1) is 0 Å². The Morgan fingerprint density at radius 1 is 1.00 bits per heavy atom. The minimum Gasteiger partial charge on any atom is -0.665 e. The first kappa shape index (κ1) is 22.5. The van der Waals surface area contributed by atoms with Crippen LogP contribution in [0.2, 0.25) is 0 Å². The molecule has 0 fully saturated rings. The molecule has 74 valence electrons. The van der Waals surface area contributed by atoms with Crippen LogP contribution in [0.3, 0.4) is 0 Å². The average Bonchev–Trinajstić information content (AvgIpc) is 2.06. The largest absolute Gasteiger partial charge is 3.00 e. The molecule has 0 atom stereocenters. The maximum Gasteiger partial charge on any atom is 3.00 e. The van der Waals surface area contributed by atoms with E-state index < -0.39 is 0 Å². The van der Waals surface area contributed by atoms with Crippen LogP contribution in [0.1, 0.15) is 0 Å². The van der Waals surface area contributed by atoms with Gasteiger partial charge in [0.1, 0.15) is 0 Å². The first-order valence-electron chi connectivity index (χ1n) is 2.06. The maximum atomic E-state index is 8.83. The van der Waals surface area contributed by atoms with Crippen molar-refractivity contribution in [1.29, 1.82) is 0 Å². The summed E-state index contributed by atoms with van der Waals surface area (Å²) in [6, 6.07) is 0. The van der Waals surface area contributed by atoms with Gasteiger partial charge in [0.2, 0.25) is 0 Å². The number of methoxy groups -OCH3 is 2. The molecule has 0 unspecified atom stereocenters. The molecule has 0 bridgehead atoms. The Labute approximate surface area is 85.3 Å². The van der Waals surface area contributed by atoms with Gasteiger partial charge in [0, 0.05) is 14.2 Å². The molecule has 12 heavy (non-hydrogen) atoms. The van der Waals surface area contributed by atoms with Gasteiger partial charge in [-0.3, -0.25) is 0 Å². The molecule has 0 saturated heterocycles. The predicted molar refractivity (Wildman–Crippen MR) is 33.7 cm³/mol. The van der Waals surface area contributed by atoms with Crippen LogP contribution in [0.25, 0.3) is 0 Å². The molecule has 0 spiro atoms. The Balaban J connectivity index is -0.0000000389. The molecule has 6 nitrogen and oxygen atoms in total. The molecule has 0 radical (unpaired) electrons. The van der Waals surface area contributed by atoms with Gasteiger partial charge in [-0.2, -0.15) is 0 Å². The Hall–Kier alpha value is -0.850. The van der Waals surface area contributed by atoms with E-state index in [-0.39, 0.29) is 22.4 Å². The summed E-state index contributed by atoms with van der Waals surface area (Å²) in [4.78, 5) is 25.9. The van der Waals surface area contributed by atoms with Crippen molar-refractivity contribution >= 4 is 19.4 Å². The third-order valence-corrected chi connectivity index (χ3v) is 0.167. The number of hydrogen-bond acceptors (Lipinski definition) is 5. The molecule has 0 aromatic carbocycles. The van der Waals surface area contributed by atoms with Gasteiger partial charge in [-0.15, -0.1) is 0 Å². The Bertz CT molecular complexity index is 78.0. The van der Waals surface area contributed by atoms with E-state index in [4.69, 9.17) is 19.5 Å². The SMILES string of the molecule is CO[C-]=O.CO[C-]=O.O=[C-]O.[Au+3]. The molecule has 0 amide bonds. The summed E-state index contributed by atoms with van der Waals surface area (Å²) in [7, 11) is 2.51. The third kappa shape index (κ3) is 459. The van der Waals surface area contributed by atoms with Crippen molar-refractivity contribution in [1.82, 2.24) is 0 Å². The summed E-state index contributed by atoms with van der Waals surface area (Å²) in [5, 5.41) is 6.76. The van der Waals surface area contributed by atoms with E-state index in [1.165, 1.54) is 27.2 Å². The number of rotatable bonds is 2. The van der Waals surface area contributed by atoms with E-state index in [0.717, 1.165) is 0 Å². The molecule has 0 aromatic rings. The fraction of sp³-hybridized carbons (Fsp3) is 0.400. The summed E-state index contributed by atoms with van der Waals surface area (Å²) in [5.41, 5.74) is 0. The zero-order valence-electron chi connectivity index (χ0n) is 6.29. The van der Waals surface area contributed by atoms with Gasteiger partial charge in [-0.05, 0) is 0 Å². The second-order valence-electron chi connectivity index (χ2n) is 0.666. The van der Waals surface area contributed by atoms with Crippen molar-refractivity contribution in [2.75, 3.05) is 14.2 Å². The zero-order valence-corrected chi connectivity index (χ0v) is 8.46. The minimum absolute atomic E-state index is 0. The predicted octanol–water partition coefficient (Wildman–Crippen LogP) is -0.991. The van der Waals surface area contributed by atoms with E-state index in [1.807, 2.05) is 0 Å². The van der Waals surface area contributed by atoms with E-state index in [9.17, 15) is 0 Å². The number of carbonyl (C=O) groups excluding carboxylic acids is 2. The fourth-order valence-electron chi connectivity index (χ4n) is 0. The number of ether oxygens (including phenoxy) is 2. The van der Waals surface area contributed by atoms with Gasteiger partial charge in [-0.25, -0.2) is 0 Å². The van der Waals surface area contributed by atoms with E-state index >= 15 is 0 Å². The van der Waals surface area contributed by atoms with Crippen molar-refractivity contribution in [2.24, 2.45) is 0 Å². The summed E-state index contributed by atoms with van der Waals surface area (Å²) >= 11 is 0. The van der Waals surface area contributed by atoms with Crippen LogP contribution in [0.15, 0.2) is 0 Å². The van der Waals surface area contributed by atoms with Crippen molar-refractivity contribution in [3.63, 3.8) is 0 Å². The fourth-order valence-corrected chi connectivity index (χ4v) is 0. The number of hydrogen-bond donors (Lipinski definition) is 1. The molecule has 0 rings (SSSR count). The van der Waals surface area contributed by atoms with Crippen molar-refractivity contribution in [2.45, 2.75) is 0 Å². The molecule has 0 aliphatic heterocycles. The quantitative estimate of drug-likeness (QED) is 0.503. The molecular formula is C5H7AuO6. The van der Waals surface area contributed by atoms with Crippen molar-refractivity contribution in [3.05, 3.63) is 0 Å². The van der Waals surface area contributed by atoms with Crippen LogP contribution in [-0.4, -0.2) is 38.7 Å². The zero-order chi connectivity index (χ0) is 9.54. The van der Waals surface area contributed by atoms with Crippen molar-refractivity contribution < 1.29 is 51.3 Å². The second kappa shape index (κ2) is 49.3. The summed E-state index contributed by atoms with van der Waals surface area (Å²) in [6.45, 7) is 2.86. The molecule has 0 aromatic heterocycles. The third-order valence-electron chi connectivity index (χ3n) is 0.167. The van der Waals surface area contributed by atoms with E-state index in [0.29, 0.717) is 6.47 Å². The van der Waals surface area contributed by atoms with E-state index in [1.54, 1.807) is 0 Å². The van der Waals surface area contributed by atoms with Gasteiger partial charge >= 0.3 is 22.4 Å². The molecule has 0 aliphatic rings. The van der Waals surface area contributed by atoms with Crippen LogP contribution >= 0.6 is 0 Å². The van der Waals surface area contributed by atoms with Crippen LogP contribution in [0.4, 0.5) is 0 Å².